The minimum absolute atomic E-state index is 0.0444. The maximum atomic E-state index is 13.9. The first kappa shape index (κ1) is 30.7. The highest BCUT2D eigenvalue weighted by Gasteiger charge is 2.41. The summed E-state index contributed by atoms with van der Waals surface area (Å²) in [5.74, 6) is -2.85. The van der Waals surface area contributed by atoms with E-state index in [1.54, 1.807) is 103 Å². The van der Waals surface area contributed by atoms with Crippen molar-refractivity contribution >= 4 is 35.2 Å². The van der Waals surface area contributed by atoms with E-state index in [-0.39, 0.29) is 23.6 Å². The third-order valence-corrected chi connectivity index (χ3v) is 7.35. The number of hydrogen-bond acceptors (Lipinski definition) is 6. The summed E-state index contributed by atoms with van der Waals surface area (Å²) < 4.78 is 6.25. The predicted molar refractivity (Wildman–Crippen MR) is 166 cm³/mol. The molecule has 0 bridgehead atoms. The third kappa shape index (κ3) is 7.24. The Hall–Kier alpha value is -5.77. The molecular formula is C35H31N3O7. The molecule has 0 spiro atoms. The predicted octanol–water partition coefficient (Wildman–Crippen LogP) is 3.70. The summed E-state index contributed by atoms with van der Waals surface area (Å²) in [6, 6.07) is 28.6. The molecule has 4 aromatic rings. The van der Waals surface area contributed by atoms with Crippen LogP contribution in [0.2, 0.25) is 0 Å². The standard InChI is InChI=1S/C35H31N3O7/c1-22(36-29(39)20-23-16-18-25(19-17-23)32(42)24-10-4-2-5-11-24)34(43)37-31-33(26-12-6-3-7-13-26)45-28-15-9-8-14-27(28)38(35(31)44)21-30(40)41/h2-19,22,31,33H,20-21H2,1H3,(H,36,39)(H,37,43)(H,40,41)/t22-,31-,33+/m0/s1. The number of carbonyl (C=O) groups is 5. The zero-order chi connectivity index (χ0) is 31.9. The fraction of sp³-hybridized carbons (Fsp3) is 0.171. The number of carboxylic acid groups (broad SMARTS) is 1. The first-order chi connectivity index (χ1) is 21.7. The molecule has 0 aromatic heterocycles. The number of para-hydroxylation sites is 2. The molecule has 0 unspecified atom stereocenters. The van der Waals surface area contributed by atoms with Crippen LogP contribution in [-0.2, 0) is 25.6 Å². The molecule has 0 saturated carbocycles. The Bertz CT molecular complexity index is 1710. The number of carboxylic acids is 1. The van der Waals surface area contributed by atoms with Gasteiger partial charge in [0, 0.05) is 11.1 Å². The number of anilines is 1. The second-order valence-corrected chi connectivity index (χ2v) is 10.6. The van der Waals surface area contributed by atoms with Crippen molar-refractivity contribution in [1.29, 1.82) is 0 Å². The largest absolute Gasteiger partial charge is 0.481 e. The zero-order valence-electron chi connectivity index (χ0n) is 24.4. The van der Waals surface area contributed by atoms with Gasteiger partial charge in [-0.2, -0.15) is 0 Å². The third-order valence-electron chi connectivity index (χ3n) is 7.35. The van der Waals surface area contributed by atoms with Crippen LogP contribution in [0.25, 0.3) is 0 Å². The summed E-state index contributed by atoms with van der Waals surface area (Å²) in [4.78, 5) is 65.6. The SMILES string of the molecule is C[C@H](NC(=O)Cc1ccc(C(=O)c2ccccc2)cc1)C(=O)N[C@@H]1C(=O)N(CC(=O)O)c2ccccc2O[C@@H]1c1ccccc1. The lowest BCUT2D eigenvalue weighted by atomic mass is 10.0. The number of rotatable bonds is 10. The van der Waals surface area contributed by atoms with Crippen molar-refractivity contribution in [3.05, 3.63) is 131 Å². The summed E-state index contributed by atoms with van der Waals surface area (Å²) in [6.07, 6.45) is -1.03. The first-order valence-electron chi connectivity index (χ1n) is 14.3. The quantitative estimate of drug-likeness (QED) is 0.234. The molecule has 5 rings (SSSR count). The van der Waals surface area contributed by atoms with Gasteiger partial charge < -0.3 is 20.5 Å². The number of carbonyl (C=O) groups excluding carboxylic acids is 4. The van der Waals surface area contributed by atoms with Crippen LogP contribution in [0.15, 0.2) is 109 Å². The summed E-state index contributed by atoms with van der Waals surface area (Å²) in [6.45, 7) is 0.841. The monoisotopic (exact) mass is 605 g/mol. The van der Waals surface area contributed by atoms with Crippen LogP contribution in [0.1, 0.15) is 40.1 Å². The van der Waals surface area contributed by atoms with Crippen LogP contribution in [0.5, 0.6) is 5.75 Å². The summed E-state index contributed by atoms with van der Waals surface area (Å²) >= 11 is 0. The minimum Gasteiger partial charge on any atom is -0.481 e. The number of ketones is 1. The Morgan fingerprint density at radius 2 is 1.42 bits per heavy atom. The summed E-state index contributed by atoms with van der Waals surface area (Å²) in [5, 5.41) is 14.9. The average molecular weight is 606 g/mol. The molecule has 1 aliphatic rings. The molecule has 0 radical (unpaired) electrons. The van der Waals surface area contributed by atoms with Crippen molar-refractivity contribution in [3.63, 3.8) is 0 Å². The van der Waals surface area contributed by atoms with E-state index < -0.39 is 48.4 Å². The smallest absolute Gasteiger partial charge is 0.323 e. The van der Waals surface area contributed by atoms with Gasteiger partial charge in [-0.1, -0.05) is 97.1 Å². The number of hydrogen-bond donors (Lipinski definition) is 3. The number of amides is 3. The molecule has 0 aliphatic carbocycles. The molecule has 10 nitrogen and oxygen atoms in total. The van der Waals surface area contributed by atoms with Crippen LogP contribution < -0.4 is 20.3 Å². The number of ether oxygens (including phenoxy) is 1. The number of aliphatic carboxylic acids is 1. The van der Waals surface area contributed by atoms with Gasteiger partial charge in [-0.05, 0) is 30.2 Å². The van der Waals surface area contributed by atoms with Crippen molar-refractivity contribution in [2.45, 2.75) is 31.5 Å². The van der Waals surface area contributed by atoms with Gasteiger partial charge in [0.1, 0.15) is 24.4 Å². The fourth-order valence-electron chi connectivity index (χ4n) is 5.09. The van der Waals surface area contributed by atoms with Crippen molar-refractivity contribution in [2.24, 2.45) is 0 Å². The Morgan fingerprint density at radius 3 is 2.09 bits per heavy atom. The van der Waals surface area contributed by atoms with E-state index in [0.29, 0.717) is 22.3 Å². The number of nitrogens with one attached hydrogen (secondary N) is 2. The van der Waals surface area contributed by atoms with Crippen molar-refractivity contribution in [3.8, 4) is 5.75 Å². The van der Waals surface area contributed by atoms with Crippen molar-refractivity contribution in [1.82, 2.24) is 10.6 Å². The van der Waals surface area contributed by atoms with Gasteiger partial charge in [-0.25, -0.2) is 0 Å². The maximum Gasteiger partial charge on any atom is 0.323 e. The maximum absolute atomic E-state index is 13.9. The Balaban J connectivity index is 1.29. The molecule has 4 aromatic carbocycles. The molecule has 1 aliphatic heterocycles. The van der Waals surface area contributed by atoms with Crippen molar-refractivity contribution in [2.75, 3.05) is 11.4 Å². The van der Waals surface area contributed by atoms with Gasteiger partial charge >= 0.3 is 5.97 Å². The van der Waals surface area contributed by atoms with E-state index in [1.165, 1.54) is 6.92 Å². The lowest BCUT2D eigenvalue weighted by Gasteiger charge is -2.28. The Labute approximate surface area is 259 Å². The lowest BCUT2D eigenvalue weighted by Crippen LogP contribution is -2.56. The fourth-order valence-corrected chi connectivity index (χ4v) is 5.09. The molecule has 228 valence electrons. The Morgan fingerprint density at radius 1 is 0.822 bits per heavy atom. The Kier molecular flexibility index (Phi) is 9.33. The first-order valence-corrected chi connectivity index (χ1v) is 14.3. The second-order valence-electron chi connectivity index (χ2n) is 10.6. The van der Waals surface area contributed by atoms with Gasteiger partial charge in [-0.15, -0.1) is 0 Å². The van der Waals surface area contributed by atoms with Crippen LogP contribution >= 0.6 is 0 Å². The van der Waals surface area contributed by atoms with E-state index in [0.717, 1.165) is 4.90 Å². The number of fused-ring (bicyclic) bond motifs is 1. The molecule has 10 heteroatoms. The van der Waals surface area contributed by atoms with E-state index in [2.05, 4.69) is 10.6 Å². The van der Waals surface area contributed by atoms with Gasteiger partial charge in [0.25, 0.3) is 5.91 Å². The van der Waals surface area contributed by atoms with Crippen LogP contribution in [0, 0.1) is 0 Å². The summed E-state index contributed by atoms with van der Waals surface area (Å²) in [5.41, 5.74) is 2.54. The molecule has 45 heavy (non-hydrogen) atoms. The molecule has 0 fully saturated rings. The molecule has 3 amide bonds. The van der Waals surface area contributed by atoms with Crippen molar-refractivity contribution < 1.29 is 33.8 Å². The normalized spacial score (nSPS) is 16.4. The molecule has 0 saturated heterocycles. The van der Waals surface area contributed by atoms with E-state index in [1.807, 2.05) is 6.07 Å². The molecular weight excluding hydrogens is 574 g/mol. The molecule has 3 N–H and O–H groups in total. The van der Waals surface area contributed by atoms with Crippen LogP contribution in [0.4, 0.5) is 5.69 Å². The topological polar surface area (TPSA) is 142 Å². The highest BCUT2D eigenvalue weighted by Crippen LogP contribution is 2.37. The molecule has 3 atom stereocenters. The van der Waals surface area contributed by atoms with Gasteiger partial charge in [0.15, 0.2) is 11.9 Å². The summed E-state index contributed by atoms with van der Waals surface area (Å²) in [7, 11) is 0. The minimum atomic E-state index is -1.30. The van der Waals surface area contributed by atoms with Crippen LogP contribution in [-0.4, -0.2) is 53.2 Å². The van der Waals surface area contributed by atoms with Crippen LogP contribution in [0.3, 0.4) is 0 Å². The van der Waals surface area contributed by atoms with E-state index in [9.17, 15) is 29.1 Å². The zero-order valence-corrected chi connectivity index (χ0v) is 24.4. The average Bonchev–Trinajstić information content (AvgIpc) is 3.16. The molecule has 1 heterocycles. The highest BCUT2D eigenvalue weighted by molar-refractivity contribution is 6.09. The lowest BCUT2D eigenvalue weighted by molar-refractivity contribution is -0.137. The number of benzene rings is 4. The van der Waals surface area contributed by atoms with Gasteiger partial charge in [-0.3, -0.25) is 28.9 Å². The van der Waals surface area contributed by atoms with E-state index in [4.69, 9.17) is 4.74 Å². The number of nitrogens with zero attached hydrogens (tertiary/aromatic N) is 1. The highest BCUT2D eigenvalue weighted by atomic mass is 16.5. The second kappa shape index (κ2) is 13.7. The van der Waals surface area contributed by atoms with E-state index >= 15 is 0 Å². The van der Waals surface area contributed by atoms with Gasteiger partial charge in [0.2, 0.25) is 11.8 Å². The van der Waals surface area contributed by atoms with Gasteiger partial charge in [0.05, 0.1) is 12.1 Å².